The van der Waals surface area contributed by atoms with Crippen molar-refractivity contribution in [3.05, 3.63) is 127 Å². The minimum absolute atomic E-state index is 0.972. The first-order chi connectivity index (χ1) is 20.3. The van der Waals surface area contributed by atoms with E-state index in [9.17, 15) is 0 Å². The maximum atomic E-state index is 4.54. The largest absolute Gasteiger partial charge is 0.309 e. The minimum atomic E-state index is 0.972. The smallest absolute Gasteiger partial charge is 0.124 e. The Labute approximate surface area is 244 Å². The molecule has 5 nitrogen and oxygen atoms in total. The van der Waals surface area contributed by atoms with Crippen molar-refractivity contribution in [1.29, 1.82) is 0 Å². The van der Waals surface area contributed by atoms with Gasteiger partial charge in [-0.05, 0) is 47.5 Å². The molecule has 0 atom stereocenters. The van der Waals surface area contributed by atoms with Crippen LogP contribution in [0.25, 0.3) is 70.9 Å². The van der Waals surface area contributed by atoms with E-state index in [0.29, 0.717) is 0 Å². The summed E-state index contributed by atoms with van der Waals surface area (Å²) in [5.41, 5.74) is 9.83. The van der Waals surface area contributed by atoms with Crippen LogP contribution in [0.2, 0.25) is 0 Å². The van der Waals surface area contributed by atoms with Crippen molar-refractivity contribution in [2.24, 2.45) is 0 Å². The normalized spacial score (nSPS) is 11.4. The number of nitrogens with zero attached hydrogens (tertiary/aromatic N) is 5. The molecule has 7 heteroatoms. The molecule has 0 saturated carbocycles. The molecule has 3 aromatic carbocycles. The second-order valence-electron chi connectivity index (χ2n) is 9.73. The van der Waals surface area contributed by atoms with Crippen molar-refractivity contribution in [3.63, 3.8) is 0 Å². The predicted octanol–water partition coefficient (Wildman–Crippen LogP) is 9.15. The molecule has 41 heavy (non-hydrogen) atoms. The molecule has 0 N–H and O–H groups in total. The van der Waals surface area contributed by atoms with E-state index in [1.54, 1.807) is 22.7 Å². The molecule has 0 fully saturated rings. The van der Waals surface area contributed by atoms with Crippen molar-refractivity contribution in [2.75, 3.05) is 0 Å². The lowest BCUT2D eigenvalue weighted by Crippen LogP contribution is -1.94. The van der Waals surface area contributed by atoms with E-state index in [-0.39, 0.29) is 0 Å². The average molecular weight is 564 g/mol. The highest BCUT2D eigenvalue weighted by molar-refractivity contribution is 7.13. The van der Waals surface area contributed by atoms with Gasteiger partial charge in [-0.3, -0.25) is 9.97 Å². The van der Waals surface area contributed by atoms with Gasteiger partial charge in [-0.25, -0.2) is 9.97 Å². The highest BCUT2D eigenvalue weighted by Gasteiger charge is 2.15. The molecule has 0 radical (unpaired) electrons. The SMILES string of the molecule is c1ccc(-n2c3cc(-c4cncc(-c5nccs5)c4)ccc3c3ccc(-c4cncc(-c5nccs5)c4)cc32)cc1. The molecule has 0 aliphatic heterocycles. The zero-order valence-corrected chi connectivity index (χ0v) is 23.3. The Morgan fingerprint density at radius 2 is 1.00 bits per heavy atom. The Bertz CT molecular complexity index is 2010. The van der Waals surface area contributed by atoms with Gasteiger partial charge >= 0.3 is 0 Å². The fourth-order valence-electron chi connectivity index (χ4n) is 5.39. The first-order valence-electron chi connectivity index (χ1n) is 13.2. The minimum Gasteiger partial charge on any atom is -0.309 e. The first-order valence-corrected chi connectivity index (χ1v) is 14.9. The predicted molar refractivity (Wildman–Crippen MR) is 169 cm³/mol. The van der Waals surface area contributed by atoms with Crippen LogP contribution < -0.4 is 0 Å². The third-order valence-electron chi connectivity index (χ3n) is 7.28. The molecule has 0 aliphatic rings. The van der Waals surface area contributed by atoms with Gasteiger partial charge < -0.3 is 4.57 Å². The molecule has 8 aromatic rings. The van der Waals surface area contributed by atoms with Crippen molar-refractivity contribution in [1.82, 2.24) is 24.5 Å². The van der Waals surface area contributed by atoms with Gasteiger partial charge in [0, 0.05) is 86.7 Å². The standard InChI is InChI=1S/C34H21N5S2/c1-2-4-28(5-3-1)39-31-16-22(24-14-26(20-35-18-24)33-37-10-12-40-33)6-8-29(31)30-9-7-23(17-32(30)39)25-15-27(21-36-19-25)34-38-11-13-41-34/h1-21H. The molecule has 8 rings (SSSR count). The molecule has 0 unspecified atom stereocenters. The zero-order chi connectivity index (χ0) is 27.2. The zero-order valence-electron chi connectivity index (χ0n) is 21.7. The number of hydrogen-bond donors (Lipinski definition) is 0. The third kappa shape index (κ3) is 4.23. The van der Waals surface area contributed by atoms with E-state index >= 15 is 0 Å². The highest BCUT2D eigenvalue weighted by Crippen LogP contribution is 2.38. The van der Waals surface area contributed by atoms with Crippen molar-refractivity contribution < 1.29 is 0 Å². The summed E-state index contributed by atoms with van der Waals surface area (Å²) in [5.74, 6) is 0. The lowest BCUT2D eigenvalue weighted by atomic mass is 10.0. The maximum absolute atomic E-state index is 4.54. The quantitative estimate of drug-likeness (QED) is 0.209. The second kappa shape index (κ2) is 9.89. The van der Waals surface area contributed by atoms with Gasteiger partial charge in [-0.2, -0.15) is 0 Å². The van der Waals surface area contributed by atoms with E-state index in [2.05, 4.69) is 103 Å². The third-order valence-corrected chi connectivity index (χ3v) is 8.93. The van der Waals surface area contributed by atoms with Gasteiger partial charge in [0.1, 0.15) is 10.0 Å². The van der Waals surface area contributed by atoms with Crippen LogP contribution in [0.4, 0.5) is 0 Å². The van der Waals surface area contributed by atoms with E-state index in [4.69, 9.17) is 0 Å². The molecule has 5 aromatic heterocycles. The first kappa shape index (κ1) is 23.9. The molecule has 0 saturated heterocycles. The van der Waals surface area contributed by atoms with Crippen LogP contribution in [0.1, 0.15) is 0 Å². The molecule has 5 heterocycles. The summed E-state index contributed by atoms with van der Waals surface area (Å²) in [6, 6.07) is 28.3. The van der Waals surface area contributed by atoms with Crippen LogP contribution in [-0.2, 0) is 0 Å². The molecular formula is C34H21N5S2. The van der Waals surface area contributed by atoms with Crippen LogP contribution in [0.3, 0.4) is 0 Å². The summed E-state index contributed by atoms with van der Waals surface area (Å²) >= 11 is 3.24. The number of para-hydroxylation sites is 1. The van der Waals surface area contributed by atoms with Gasteiger partial charge in [-0.15, -0.1) is 22.7 Å². The van der Waals surface area contributed by atoms with Crippen molar-refractivity contribution in [2.45, 2.75) is 0 Å². The summed E-state index contributed by atoms with van der Waals surface area (Å²) in [4.78, 5) is 18.0. The van der Waals surface area contributed by atoms with Gasteiger partial charge in [0.05, 0.1) is 11.0 Å². The van der Waals surface area contributed by atoms with E-state index < -0.39 is 0 Å². The molecule has 0 spiro atoms. The Morgan fingerprint density at radius 1 is 0.488 bits per heavy atom. The summed E-state index contributed by atoms with van der Waals surface area (Å²) < 4.78 is 2.36. The summed E-state index contributed by atoms with van der Waals surface area (Å²) in [6.07, 6.45) is 11.3. The van der Waals surface area contributed by atoms with Crippen LogP contribution in [0.15, 0.2) is 127 Å². The Morgan fingerprint density at radius 3 is 1.49 bits per heavy atom. The number of aromatic nitrogens is 5. The summed E-state index contributed by atoms with van der Waals surface area (Å²) in [7, 11) is 0. The summed E-state index contributed by atoms with van der Waals surface area (Å²) in [5, 5.41) is 8.34. The number of fused-ring (bicyclic) bond motifs is 3. The molecular weight excluding hydrogens is 543 g/mol. The van der Waals surface area contributed by atoms with E-state index in [1.165, 1.54) is 10.8 Å². The van der Waals surface area contributed by atoms with Crippen LogP contribution in [0.5, 0.6) is 0 Å². The maximum Gasteiger partial charge on any atom is 0.124 e. The lowest BCUT2D eigenvalue weighted by molar-refractivity contribution is 1.18. The van der Waals surface area contributed by atoms with E-state index in [1.807, 2.05) is 47.9 Å². The Hall–Kier alpha value is -4.98. The fourth-order valence-corrected chi connectivity index (χ4v) is 6.63. The van der Waals surface area contributed by atoms with Crippen LogP contribution in [-0.4, -0.2) is 24.5 Å². The van der Waals surface area contributed by atoms with Crippen molar-refractivity contribution in [3.8, 4) is 49.1 Å². The molecule has 0 amide bonds. The number of rotatable bonds is 5. The second-order valence-corrected chi connectivity index (χ2v) is 11.5. The number of hydrogen-bond acceptors (Lipinski definition) is 6. The molecule has 0 bridgehead atoms. The Balaban J connectivity index is 1.32. The number of benzene rings is 3. The molecule has 194 valence electrons. The van der Waals surface area contributed by atoms with Gasteiger partial charge in [-0.1, -0.05) is 42.5 Å². The van der Waals surface area contributed by atoms with Gasteiger partial charge in [0.15, 0.2) is 0 Å². The fraction of sp³-hybridized carbons (Fsp3) is 0. The summed E-state index contributed by atoms with van der Waals surface area (Å²) in [6.45, 7) is 0. The van der Waals surface area contributed by atoms with Crippen molar-refractivity contribution >= 4 is 44.5 Å². The highest BCUT2D eigenvalue weighted by atomic mass is 32.1. The molecule has 0 aliphatic carbocycles. The van der Waals surface area contributed by atoms with Gasteiger partial charge in [0.25, 0.3) is 0 Å². The topological polar surface area (TPSA) is 56.5 Å². The van der Waals surface area contributed by atoms with Crippen LogP contribution in [0, 0.1) is 0 Å². The van der Waals surface area contributed by atoms with Crippen LogP contribution >= 0.6 is 22.7 Å². The Kier molecular flexibility index (Phi) is 5.76. The average Bonchev–Trinajstić information content (AvgIpc) is 3.82. The number of thiazole rings is 2. The number of pyridine rings is 2. The lowest BCUT2D eigenvalue weighted by Gasteiger charge is -2.10. The van der Waals surface area contributed by atoms with Gasteiger partial charge in [0.2, 0.25) is 0 Å². The van der Waals surface area contributed by atoms with E-state index in [0.717, 1.165) is 60.1 Å². The monoisotopic (exact) mass is 563 g/mol.